The summed E-state index contributed by atoms with van der Waals surface area (Å²) >= 11 is 0. The summed E-state index contributed by atoms with van der Waals surface area (Å²) in [6.45, 7) is 0. The number of carbonyl (C=O) groups is 1. The summed E-state index contributed by atoms with van der Waals surface area (Å²) in [5.41, 5.74) is 4.80. The van der Waals surface area contributed by atoms with E-state index in [0.29, 0.717) is 17.0 Å². The molecule has 0 spiro atoms. The highest BCUT2D eigenvalue weighted by Gasteiger charge is 2.13. The minimum atomic E-state index is -0.152. The summed E-state index contributed by atoms with van der Waals surface area (Å²) in [5.74, 6) is 0.612. The molecule has 0 unspecified atom stereocenters. The Morgan fingerprint density at radius 2 is 1.86 bits per heavy atom. The number of imidazole rings is 1. The second kappa shape index (κ2) is 6.66. The number of nitrogens with one attached hydrogen (secondary N) is 2. The number of rotatable bonds is 4. The molecule has 0 aliphatic rings. The fourth-order valence-corrected chi connectivity index (χ4v) is 3.26. The Morgan fingerprint density at radius 1 is 1.00 bits per heavy atom. The SMILES string of the molecule is O=C(Cc1noc2ccccc12)Nc1cccc(-c2nc3ccccc3[nH]2)c1. The van der Waals surface area contributed by atoms with Gasteiger partial charge in [0.25, 0.3) is 0 Å². The Bertz CT molecular complexity index is 1270. The fourth-order valence-electron chi connectivity index (χ4n) is 3.26. The molecule has 0 aliphatic carbocycles. The van der Waals surface area contributed by atoms with Crippen LogP contribution in [0.1, 0.15) is 5.69 Å². The molecule has 0 radical (unpaired) electrons. The lowest BCUT2D eigenvalue weighted by atomic mass is 10.1. The van der Waals surface area contributed by atoms with Gasteiger partial charge < -0.3 is 14.8 Å². The van der Waals surface area contributed by atoms with Crippen molar-refractivity contribution in [2.45, 2.75) is 6.42 Å². The normalized spacial score (nSPS) is 11.1. The minimum Gasteiger partial charge on any atom is -0.356 e. The van der Waals surface area contributed by atoms with Crippen molar-refractivity contribution in [3.8, 4) is 11.4 Å². The van der Waals surface area contributed by atoms with Crippen molar-refractivity contribution in [1.29, 1.82) is 0 Å². The van der Waals surface area contributed by atoms with Crippen molar-refractivity contribution in [3.05, 3.63) is 78.5 Å². The minimum absolute atomic E-state index is 0.145. The number of para-hydroxylation sites is 3. The van der Waals surface area contributed by atoms with Gasteiger partial charge >= 0.3 is 0 Å². The second-order valence-corrected chi connectivity index (χ2v) is 6.53. The zero-order valence-electron chi connectivity index (χ0n) is 14.8. The van der Waals surface area contributed by atoms with E-state index in [1.165, 1.54) is 0 Å². The zero-order chi connectivity index (χ0) is 18.9. The quantitative estimate of drug-likeness (QED) is 0.487. The van der Waals surface area contributed by atoms with Crippen LogP contribution >= 0.6 is 0 Å². The maximum Gasteiger partial charge on any atom is 0.230 e. The summed E-state index contributed by atoms with van der Waals surface area (Å²) in [7, 11) is 0. The number of carbonyl (C=O) groups excluding carboxylic acids is 1. The molecule has 5 rings (SSSR count). The van der Waals surface area contributed by atoms with Gasteiger partial charge in [-0.25, -0.2) is 4.98 Å². The van der Waals surface area contributed by atoms with Crippen LogP contribution in [0, 0.1) is 0 Å². The van der Waals surface area contributed by atoms with Gasteiger partial charge in [0.05, 0.1) is 17.5 Å². The van der Waals surface area contributed by atoms with Crippen LogP contribution in [-0.4, -0.2) is 21.0 Å². The number of H-pyrrole nitrogens is 1. The fraction of sp³-hybridized carbons (Fsp3) is 0.0455. The molecule has 1 amide bonds. The van der Waals surface area contributed by atoms with E-state index in [1.807, 2.05) is 72.8 Å². The number of hydrogen-bond donors (Lipinski definition) is 2. The molecule has 0 saturated carbocycles. The molecule has 5 aromatic rings. The molecule has 2 aromatic heterocycles. The molecule has 0 bridgehead atoms. The molecule has 0 saturated heterocycles. The summed E-state index contributed by atoms with van der Waals surface area (Å²) in [4.78, 5) is 20.4. The predicted molar refractivity (Wildman–Crippen MR) is 108 cm³/mol. The third-order valence-electron chi connectivity index (χ3n) is 4.59. The molecule has 0 atom stereocenters. The molecule has 2 N–H and O–H groups in total. The van der Waals surface area contributed by atoms with Gasteiger partial charge in [-0.2, -0.15) is 0 Å². The lowest BCUT2D eigenvalue weighted by Gasteiger charge is -2.06. The molecular weight excluding hydrogens is 352 g/mol. The summed E-state index contributed by atoms with van der Waals surface area (Å²) in [5, 5.41) is 7.80. The average molecular weight is 368 g/mol. The van der Waals surface area contributed by atoms with Crippen molar-refractivity contribution in [2.75, 3.05) is 5.32 Å². The molecule has 0 fully saturated rings. The van der Waals surface area contributed by atoms with Crippen molar-refractivity contribution < 1.29 is 9.32 Å². The highest BCUT2D eigenvalue weighted by molar-refractivity contribution is 5.95. The molecular formula is C22H16N4O2. The highest BCUT2D eigenvalue weighted by atomic mass is 16.5. The number of nitrogens with zero attached hydrogens (tertiary/aromatic N) is 2. The largest absolute Gasteiger partial charge is 0.356 e. The van der Waals surface area contributed by atoms with Crippen LogP contribution in [0.15, 0.2) is 77.3 Å². The summed E-state index contributed by atoms with van der Waals surface area (Å²) in [6.07, 6.45) is 0.145. The van der Waals surface area contributed by atoms with E-state index in [-0.39, 0.29) is 12.3 Å². The molecule has 28 heavy (non-hydrogen) atoms. The van der Waals surface area contributed by atoms with Gasteiger partial charge in [-0.15, -0.1) is 0 Å². The van der Waals surface area contributed by atoms with Gasteiger partial charge in [0.2, 0.25) is 5.91 Å². The Balaban J connectivity index is 1.37. The molecule has 136 valence electrons. The first-order valence-electron chi connectivity index (χ1n) is 8.94. The van der Waals surface area contributed by atoms with Crippen molar-refractivity contribution in [2.24, 2.45) is 0 Å². The first-order valence-corrected chi connectivity index (χ1v) is 8.94. The smallest absolute Gasteiger partial charge is 0.230 e. The maximum absolute atomic E-state index is 12.5. The zero-order valence-corrected chi connectivity index (χ0v) is 14.8. The Morgan fingerprint density at radius 3 is 2.79 bits per heavy atom. The van der Waals surface area contributed by atoms with Gasteiger partial charge in [-0.05, 0) is 36.4 Å². The van der Waals surface area contributed by atoms with Crippen LogP contribution in [0.5, 0.6) is 0 Å². The molecule has 6 heteroatoms. The Labute approximate surface area is 160 Å². The monoisotopic (exact) mass is 368 g/mol. The van der Waals surface area contributed by atoms with E-state index in [2.05, 4.69) is 20.4 Å². The number of hydrogen-bond acceptors (Lipinski definition) is 4. The van der Waals surface area contributed by atoms with Gasteiger partial charge in [-0.1, -0.05) is 41.6 Å². The van der Waals surface area contributed by atoms with Gasteiger partial charge in [0.1, 0.15) is 11.5 Å². The number of amides is 1. The van der Waals surface area contributed by atoms with Crippen LogP contribution < -0.4 is 5.32 Å². The van der Waals surface area contributed by atoms with Gasteiger partial charge in [0.15, 0.2) is 5.58 Å². The number of aromatic amines is 1. The van der Waals surface area contributed by atoms with Gasteiger partial charge in [0, 0.05) is 16.6 Å². The molecule has 6 nitrogen and oxygen atoms in total. The van der Waals surface area contributed by atoms with E-state index in [4.69, 9.17) is 4.52 Å². The maximum atomic E-state index is 12.5. The van der Waals surface area contributed by atoms with E-state index >= 15 is 0 Å². The van der Waals surface area contributed by atoms with E-state index in [9.17, 15) is 4.79 Å². The van der Waals surface area contributed by atoms with Crippen molar-refractivity contribution >= 4 is 33.6 Å². The van der Waals surface area contributed by atoms with Crippen LogP contribution in [0.25, 0.3) is 33.4 Å². The van der Waals surface area contributed by atoms with Crippen LogP contribution in [0.3, 0.4) is 0 Å². The number of aromatic nitrogens is 3. The van der Waals surface area contributed by atoms with Crippen LogP contribution in [0.4, 0.5) is 5.69 Å². The highest BCUT2D eigenvalue weighted by Crippen LogP contribution is 2.23. The second-order valence-electron chi connectivity index (χ2n) is 6.53. The van der Waals surface area contributed by atoms with Crippen molar-refractivity contribution in [3.63, 3.8) is 0 Å². The van der Waals surface area contributed by atoms with Crippen molar-refractivity contribution in [1.82, 2.24) is 15.1 Å². The topological polar surface area (TPSA) is 83.8 Å². The Hall–Kier alpha value is -3.93. The number of benzene rings is 3. The summed E-state index contributed by atoms with van der Waals surface area (Å²) < 4.78 is 5.26. The van der Waals surface area contributed by atoms with Gasteiger partial charge in [-0.3, -0.25) is 4.79 Å². The van der Waals surface area contributed by atoms with E-state index in [1.54, 1.807) is 0 Å². The average Bonchev–Trinajstić information content (AvgIpc) is 3.33. The number of anilines is 1. The van der Waals surface area contributed by atoms with Crippen LogP contribution in [-0.2, 0) is 11.2 Å². The first kappa shape index (κ1) is 16.3. The Kier molecular flexibility index (Phi) is 3.87. The number of fused-ring (bicyclic) bond motifs is 2. The molecule has 2 heterocycles. The van der Waals surface area contributed by atoms with E-state index < -0.39 is 0 Å². The lowest BCUT2D eigenvalue weighted by molar-refractivity contribution is -0.115. The van der Waals surface area contributed by atoms with E-state index in [0.717, 1.165) is 27.8 Å². The lowest BCUT2D eigenvalue weighted by Crippen LogP contribution is -2.14. The molecule has 0 aliphatic heterocycles. The third-order valence-corrected chi connectivity index (χ3v) is 4.59. The first-order chi connectivity index (χ1) is 13.8. The molecule has 3 aromatic carbocycles. The van der Waals surface area contributed by atoms with Crippen LogP contribution in [0.2, 0.25) is 0 Å². The standard InChI is InChI=1S/C22H16N4O2/c27-21(13-19-16-8-1-4-11-20(16)28-26-19)23-15-7-5-6-14(12-15)22-24-17-9-2-3-10-18(17)25-22/h1-12H,13H2,(H,23,27)(H,24,25). The third kappa shape index (κ3) is 3.01. The summed E-state index contributed by atoms with van der Waals surface area (Å²) in [6, 6.07) is 23.0. The predicted octanol–water partition coefficient (Wildman–Crippen LogP) is 4.55.